The summed E-state index contributed by atoms with van der Waals surface area (Å²) in [6.45, 7) is 5.47. The largest absolute Gasteiger partial charge is 0.460 e. The number of benzene rings is 2. The number of rotatable bonds is 10. The second-order valence-corrected chi connectivity index (χ2v) is 7.43. The lowest BCUT2D eigenvalue weighted by Gasteiger charge is -2.21. The van der Waals surface area contributed by atoms with Crippen LogP contribution in [0, 0.1) is 0 Å². The van der Waals surface area contributed by atoms with Crippen molar-refractivity contribution in [2.45, 2.75) is 25.9 Å². The van der Waals surface area contributed by atoms with Crippen LogP contribution in [0.1, 0.15) is 22.4 Å². The molecule has 0 amide bonds. The number of carbonyl (C=O) groups excluding carboxylic acids is 1. The molecule has 0 saturated carbocycles. The van der Waals surface area contributed by atoms with E-state index in [-0.39, 0.29) is 19.1 Å². The Bertz CT molecular complexity index is 1010. The third-order valence-electron chi connectivity index (χ3n) is 4.93. The van der Waals surface area contributed by atoms with Gasteiger partial charge < -0.3 is 9.30 Å². The van der Waals surface area contributed by atoms with Gasteiger partial charge in [0.2, 0.25) is 0 Å². The lowest BCUT2D eigenvalue weighted by Crippen LogP contribution is -2.31. The van der Waals surface area contributed by atoms with Crippen molar-refractivity contribution in [1.82, 2.24) is 9.47 Å². The van der Waals surface area contributed by atoms with Gasteiger partial charge in [-0.05, 0) is 35.4 Å². The molecule has 1 heterocycles. The van der Waals surface area contributed by atoms with Gasteiger partial charge in [0.15, 0.2) is 0 Å². The van der Waals surface area contributed by atoms with Gasteiger partial charge in [0, 0.05) is 31.5 Å². The highest BCUT2D eigenvalue weighted by Crippen LogP contribution is 2.29. The molecule has 7 heteroatoms. The predicted molar refractivity (Wildman–Crippen MR) is 117 cm³/mol. The summed E-state index contributed by atoms with van der Waals surface area (Å²) < 4.78 is 45.7. The fourth-order valence-electron chi connectivity index (χ4n) is 3.31. The maximum Gasteiger partial charge on any atom is 0.416 e. The molecule has 1 aromatic heterocycles. The van der Waals surface area contributed by atoms with Crippen LogP contribution in [-0.2, 0) is 35.4 Å². The quantitative estimate of drug-likeness (QED) is 0.316. The minimum Gasteiger partial charge on any atom is -0.460 e. The Labute approximate surface area is 185 Å². The third kappa shape index (κ3) is 6.85. The Morgan fingerprint density at radius 1 is 1.00 bits per heavy atom. The van der Waals surface area contributed by atoms with Crippen LogP contribution in [-0.4, -0.2) is 28.5 Å². The molecule has 0 aliphatic rings. The van der Waals surface area contributed by atoms with Crippen LogP contribution in [0.25, 0.3) is 0 Å². The van der Waals surface area contributed by atoms with Crippen LogP contribution in [0.3, 0.4) is 0 Å². The fourth-order valence-corrected chi connectivity index (χ4v) is 3.31. The fraction of sp³-hybridized carbons (Fsp3) is 0.240. The van der Waals surface area contributed by atoms with Crippen LogP contribution in [0.15, 0.2) is 85.6 Å². The Morgan fingerprint density at radius 3 is 2.38 bits per heavy atom. The first-order valence-corrected chi connectivity index (χ1v) is 10.2. The minimum absolute atomic E-state index is 0.102. The highest BCUT2D eigenvalue weighted by atomic mass is 19.4. The van der Waals surface area contributed by atoms with Crippen LogP contribution >= 0.6 is 0 Å². The molecule has 0 atom stereocenters. The normalized spacial score (nSPS) is 11.5. The van der Waals surface area contributed by atoms with Gasteiger partial charge in [-0.1, -0.05) is 48.5 Å². The van der Waals surface area contributed by atoms with E-state index in [2.05, 4.69) is 6.58 Å². The number of hydrogen-bond acceptors (Lipinski definition) is 3. The van der Waals surface area contributed by atoms with Crippen molar-refractivity contribution in [3.63, 3.8) is 0 Å². The summed E-state index contributed by atoms with van der Waals surface area (Å²) in [6.07, 6.45) is -0.766. The zero-order chi connectivity index (χ0) is 23.0. The Balaban J connectivity index is 1.60. The summed E-state index contributed by atoms with van der Waals surface area (Å²) in [5.74, 6) is -0.337. The molecule has 0 radical (unpaired) electrons. The minimum atomic E-state index is -4.35. The van der Waals surface area contributed by atoms with Gasteiger partial charge in [0.1, 0.15) is 6.61 Å². The summed E-state index contributed by atoms with van der Waals surface area (Å²) >= 11 is 0. The molecule has 4 nitrogen and oxygen atoms in total. The van der Waals surface area contributed by atoms with E-state index in [1.54, 1.807) is 6.08 Å². The topological polar surface area (TPSA) is 34.5 Å². The van der Waals surface area contributed by atoms with E-state index in [9.17, 15) is 18.0 Å². The van der Waals surface area contributed by atoms with Gasteiger partial charge in [0.25, 0.3) is 0 Å². The first kappa shape index (κ1) is 23.3. The molecule has 0 spiro atoms. The number of hydrogen-bond donors (Lipinski definition) is 0. The number of nitrogens with zero attached hydrogens (tertiary/aromatic N) is 2. The van der Waals surface area contributed by atoms with Crippen LogP contribution < -0.4 is 0 Å². The molecule has 0 fully saturated rings. The van der Waals surface area contributed by atoms with Gasteiger partial charge in [-0.2, -0.15) is 13.2 Å². The van der Waals surface area contributed by atoms with Crippen molar-refractivity contribution in [2.24, 2.45) is 0 Å². The van der Waals surface area contributed by atoms with Gasteiger partial charge in [0.05, 0.1) is 12.1 Å². The maximum atomic E-state index is 12.8. The van der Waals surface area contributed by atoms with E-state index in [0.717, 1.165) is 29.0 Å². The van der Waals surface area contributed by atoms with E-state index < -0.39 is 11.7 Å². The summed E-state index contributed by atoms with van der Waals surface area (Å²) in [5, 5.41) is 0. The highest BCUT2D eigenvalue weighted by molar-refractivity contribution is 5.71. The molecule has 3 rings (SSSR count). The van der Waals surface area contributed by atoms with E-state index in [1.165, 1.54) is 12.1 Å². The Hall–Kier alpha value is -3.32. The summed E-state index contributed by atoms with van der Waals surface area (Å²) in [7, 11) is 0. The summed E-state index contributed by atoms with van der Waals surface area (Å²) in [5.41, 5.74) is 1.94. The average Bonchev–Trinajstić information content (AvgIpc) is 3.19. The van der Waals surface area contributed by atoms with Gasteiger partial charge in [-0.15, -0.1) is 6.58 Å². The summed E-state index contributed by atoms with van der Waals surface area (Å²) in [4.78, 5) is 14.2. The molecular weight excluding hydrogens is 417 g/mol. The Kier molecular flexibility index (Phi) is 7.89. The Morgan fingerprint density at radius 2 is 1.72 bits per heavy atom. The highest BCUT2D eigenvalue weighted by Gasteiger charge is 2.29. The van der Waals surface area contributed by atoms with E-state index in [1.807, 2.05) is 58.1 Å². The molecule has 0 bridgehead atoms. The second kappa shape index (κ2) is 10.8. The van der Waals surface area contributed by atoms with Crippen LogP contribution in [0.2, 0.25) is 0 Å². The molecule has 2 aromatic carbocycles. The molecule has 0 aliphatic heterocycles. The standard InChI is InChI=1S/C25H25F3N2O2/c1-2-14-29(18-24(31)32-19-21-7-4-3-5-8-21)17-23-9-6-15-30(23)16-20-10-12-22(13-11-20)25(26,27)28/h2-13,15H,1,14,16-19H2. The molecule has 0 unspecified atom stereocenters. The molecular formula is C25H25F3N2O2. The van der Waals surface area contributed by atoms with Crippen molar-refractivity contribution < 1.29 is 22.7 Å². The monoisotopic (exact) mass is 442 g/mol. The molecule has 32 heavy (non-hydrogen) atoms. The molecule has 168 valence electrons. The SMILES string of the molecule is C=CCN(CC(=O)OCc1ccccc1)Cc1cccn1Cc1ccc(C(F)(F)F)cc1. The molecule has 0 N–H and O–H groups in total. The van der Waals surface area contributed by atoms with E-state index in [0.29, 0.717) is 19.6 Å². The number of ether oxygens (including phenoxy) is 1. The van der Waals surface area contributed by atoms with Gasteiger partial charge >= 0.3 is 12.1 Å². The van der Waals surface area contributed by atoms with Crippen molar-refractivity contribution in [3.8, 4) is 0 Å². The maximum absolute atomic E-state index is 12.8. The zero-order valence-corrected chi connectivity index (χ0v) is 17.6. The number of carbonyl (C=O) groups is 1. The predicted octanol–water partition coefficient (Wildman–Crippen LogP) is 5.29. The molecule has 0 aliphatic carbocycles. The van der Waals surface area contributed by atoms with E-state index >= 15 is 0 Å². The number of halogens is 3. The number of esters is 1. The van der Waals surface area contributed by atoms with Gasteiger partial charge in [-0.3, -0.25) is 9.69 Å². The first-order chi connectivity index (χ1) is 15.3. The van der Waals surface area contributed by atoms with Crippen LogP contribution in [0.5, 0.6) is 0 Å². The number of alkyl halides is 3. The lowest BCUT2D eigenvalue weighted by molar-refractivity contribution is -0.146. The number of aromatic nitrogens is 1. The lowest BCUT2D eigenvalue weighted by atomic mass is 10.1. The van der Waals surface area contributed by atoms with Crippen LogP contribution in [0.4, 0.5) is 13.2 Å². The van der Waals surface area contributed by atoms with Crippen molar-refractivity contribution >= 4 is 5.97 Å². The summed E-state index contributed by atoms with van der Waals surface area (Å²) in [6, 6.07) is 18.4. The van der Waals surface area contributed by atoms with Crippen molar-refractivity contribution in [2.75, 3.05) is 13.1 Å². The van der Waals surface area contributed by atoms with Crippen molar-refractivity contribution in [3.05, 3.63) is 108 Å². The smallest absolute Gasteiger partial charge is 0.416 e. The van der Waals surface area contributed by atoms with Crippen molar-refractivity contribution in [1.29, 1.82) is 0 Å². The van der Waals surface area contributed by atoms with E-state index in [4.69, 9.17) is 4.74 Å². The molecule has 0 saturated heterocycles. The zero-order valence-electron chi connectivity index (χ0n) is 17.6. The van der Waals surface area contributed by atoms with Gasteiger partial charge in [-0.25, -0.2) is 0 Å². The first-order valence-electron chi connectivity index (χ1n) is 10.2. The average molecular weight is 442 g/mol. The second-order valence-electron chi connectivity index (χ2n) is 7.43. The molecule has 3 aromatic rings. The third-order valence-corrected chi connectivity index (χ3v) is 4.93.